The van der Waals surface area contributed by atoms with Crippen molar-refractivity contribution in [2.24, 2.45) is 0 Å². The molecule has 0 aromatic rings. The molecule has 0 radical (unpaired) electrons. The molecule has 16 heavy (non-hydrogen) atoms. The number of hydrogen-bond acceptors (Lipinski definition) is 2. The topological polar surface area (TPSA) is 26.3 Å². The molecular weight excluding hydrogens is 200 g/mol. The van der Waals surface area contributed by atoms with Crippen LogP contribution in [-0.2, 0) is 9.53 Å². The number of carbonyl (C=O) groups excluding carboxylic acids is 1. The molecule has 0 aromatic heterocycles. The van der Waals surface area contributed by atoms with E-state index in [0.717, 1.165) is 25.7 Å². The summed E-state index contributed by atoms with van der Waals surface area (Å²) >= 11 is 0. The fraction of sp³-hybridized carbons (Fsp3) is 0.786. The molecule has 2 heteroatoms. The van der Waals surface area contributed by atoms with Crippen molar-refractivity contribution in [3.05, 3.63) is 12.2 Å². The number of allylic oxidation sites excluding steroid dienone is 1. The predicted molar refractivity (Wildman–Crippen MR) is 68.4 cm³/mol. The van der Waals surface area contributed by atoms with Crippen molar-refractivity contribution < 1.29 is 9.53 Å². The third kappa shape index (κ3) is 11.3. The monoisotopic (exact) mass is 226 g/mol. The van der Waals surface area contributed by atoms with Gasteiger partial charge in [-0.25, -0.2) is 0 Å². The highest BCUT2D eigenvalue weighted by molar-refractivity contribution is 5.69. The lowest BCUT2D eigenvalue weighted by atomic mass is 10.1. The zero-order chi connectivity index (χ0) is 12.1. The Kier molecular flexibility index (Phi) is 11.7. The maximum absolute atomic E-state index is 11.3. The lowest BCUT2D eigenvalue weighted by Crippen LogP contribution is -2.04. The van der Waals surface area contributed by atoms with E-state index in [1.54, 1.807) is 0 Å². The van der Waals surface area contributed by atoms with Gasteiger partial charge >= 0.3 is 5.97 Å². The third-order valence-corrected chi connectivity index (χ3v) is 2.43. The second kappa shape index (κ2) is 12.3. The number of unbranched alkanes of at least 4 members (excludes halogenated alkanes) is 4. The van der Waals surface area contributed by atoms with E-state index in [1.165, 1.54) is 19.3 Å². The zero-order valence-corrected chi connectivity index (χ0v) is 10.8. The van der Waals surface area contributed by atoms with Crippen molar-refractivity contribution in [2.45, 2.75) is 65.2 Å². The summed E-state index contributed by atoms with van der Waals surface area (Å²) in [5.41, 5.74) is 0. The number of carbonyl (C=O) groups is 1. The van der Waals surface area contributed by atoms with Crippen LogP contribution in [0.25, 0.3) is 0 Å². The first kappa shape index (κ1) is 15.2. The van der Waals surface area contributed by atoms with Gasteiger partial charge in [0, 0.05) is 6.42 Å². The van der Waals surface area contributed by atoms with Gasteiger partial charge in [0.05, 0.1) is 6.61 Å². The Hall–Kier alpha value is -0.790. The predicted octanol–water partition coefficient (Wildman–Crippen LogP) is 4.25. The first-order valence-electron chi connectivity index (χ1n) is 6.61. The molecule has 0 aromatic carbocycles. The summed E-state index contributed by atoms with van der Waals surface area (Å²) in [5, 5.41) is 0. The van der Waals surface area contributed by atoms with Crippen molar-refractivity contribution in [1.29, 1.82) is 0 Å². The van der Waals surface area contributed by atoms with Crippen LogP contribution in [0, 0.1) is 0 Å². The molecule has 0 unspecified atom stereocenters. The quantitative estimate of drug-likeness (QED) is 0.316. The fourth-order valence-corrected chi connectivity index (χ4v) is 1.47. The Morgan fingerprint density at radius 1 is 1.06 bits per heavy atom. The van der Waals surface area contributed by atoms with Gasteiger partial charge in [-0.2, -0.15) is 0 Å². The lowest BCUT2D eigenvalue weighted by Gasteiger charge is -2.02. The first-order valence-corrected chi connectivity index (χ1v) is 6.61. The van der Waals surface area contributed by atoms with E-state index in [1.807, 2.05) is 0 Å². The van der Waals surface area contributed by atoms with Crippen LogP contribution in [0.4, 0.5) is 0 Å². The zero-order valence-electron chi connectivity index (χ0n) is 10.8. The second-order valence-corrected chi connectivity index (χ2v) is 4.05. The summed E-state index contributed by atoms with van der Waals surface area (Å²) in [7, 11) is 0. The van der Waals surface area contributed by atoms with Gasteiger partial charge < -0.3 is 4.74 Å². The van der Waals surface area contributed by atoms with Crippen LogP contribution in [0.15, 0.2) is 12.2 Å². The summed E-state index contributed by atoms with van der Waals surface area (Å²) in [5.74, 6) is -0.0404. The Morgan fingerprint density at radius 2 is 1.81 bits per heavy atom. The molecule has 0 atom stereocenters. The number of hydrogen-bond donors (Lipinski definition) is 0. The smallest absolute Gasteiger partial charge is 0.305 e. The molecular formula is C14H26O2. The van der Waals surface area contributed by atoms with E-state index in [0.29, 0.717) is 13.0 Å². The Morgan fingerprint density at radius 3 is 2.50 bits per heavy atom. The molecule has 0 spiro atoms. The standard InChI is InChI=1S/C14H26O2/c1-3-5-7-9-10-12-14(15)16-13-11-8-6-4-2/h6,8H,3-5,7,9-13H2,1-2H3/b8-6-. The van der Waals surface area contributed by atoms with Gasteiger partial charge in [0.15, 0.2) is 0 Å². The van der Waals surface area contributed by atoms with Gasteiger partial charge in [0.1, 0.15) is 0 Å². The number of ether oxygens (including phenoxy) is 1. The molecule has 0 amide bonds. The van der Waals surface area contributed by atoms with Crippen molar-refractivity contribution in [2.75, 3.05) is 6.61 Å². The highest BCUT2D eigenvalue weighted by Gasteiger charge is 2.01. The molecule has 0 saturated heterocycles. The Balaban J connectivity index is 3.21. The lowest BCUT2D eigenvalue weighted by molar-refractivity contribution is -0.143. The van der Waals surface area contributed by atoms with Gasteiger partial charge in [-0.3, -0.25) is 4.79 Å². The van der Waals surface area contributed by atoms with Crippen molar-refractivity contribution in [3.8, 4) is 0 Å². The van der Waals surface area contributed by atoms with Gasteiger partial charge in [0.2, 0.25) is 0 Å². The van der Waals surface area contributed by atoms with Gasteiger partial charge in [-0.05, 0) is 19.3 Å². The van der Waals surface area contributed by atoms with Crippen LogP contribution in [0.2, 0.25) is 0 Å². The van der Waals surface area contributed by atoms with Crippen molar-refractivity contribution >= 4 is 5.97 Å². The van der Waals surface area contributed by atoms with E-state index in [-0.39, 0.29) is 5.97 Å². The minimum absolute atomic E-state index is 0.0404. The highest BCUT2D eigenvalue weighted by atomic mass is 16.5. The van der Waals surface area contributed by atoms with E-state index in [4.69, 9.17) is 4.74 Å². The van der Waals surface area contributed by atoms with Gasteiger partial charge in [0.25, 0.3) is 0 Å². The summed E-state index contributed by atoms with van der Waals surface area (Å²) in [6.45, 7) is 4.82. The van der Waals surface area contributed by atoms with Crippen LogP contribution in [0.1, 0.15) is 65.2 Å². The number of rotatable bonds is 10. The summed E-state index contributed by atoms with van der Waals surface area (Å²) < 4.78 is 5.10. The van der Waals surface area contributed by atoms with Crippen LogP contribution in [-0.4, -0.2) is 12.6 Å². The largest absolute Gasteiger partial charge is 0.465 e. The van der Waals surface area contributed by atoms with E-state index >= 15 is 0 Å². The SMILES string of the molecule is CC/C=C\CCOC(=O)CCCCCCC. The minimum atomic E-state index is -0.0404. The molecule has 0 N–H and O–H groups in total. The molecule has 0 bridgehead atoms. The molecule has 0 heterocycles. The molecule has 2 nitrogen and oxygen atoms in total. The molecule has 0 rings (SSSR count). The molecule has 0 saturated carbocycles. The third-order valence-electron chi connectivity index (χ3n) is 2.43. The van der Waals surface area contributed by atoms with Gasteiger partial charge in [-0.1, -0.05) is 51.7 Å². The van der Waals surface area contributed by atoms with Crippen LogP contribution < -0.4 is 0 Å². The first-order chi connectivity index (χ1) is 7.81. The molecule has 0 fully saturated rings. The average molecular weight is 226 g/mol. The van der Waals surface area contributed by atoms with Crippen LogP contribution >= 0.6 is 0 Å². The van der Waals surface area contributed by atoms with Crippen LogP contribution in [0.5, 0.6) is 0 Å². The molecule has 94 valence electrons. The molecule has 0 aliphatic heterocycles. The fourth-order valence-electron chi connectivity index (χ4n) is 1.47. The van der Waals surface area contributed by atoms with Crippen molar-refractivity contribution in [1.82, 2.24) is 0 Å². The van der Waals surface area contributed by atoms with E-state index in [9.17, 15) is 4.79 Å². The van der Waals surface area contributed by atoms with Gasteiger partial charge in [-0.15, -0.1) is 0 Å². The van der Waals surface area contributed by atoms with Crippen LogP contribution in [0.3, 0.4) is 0 Å². The second-order valence-electron chi connectivity index (χ2n) is 4.05. The van der Waals surface area contributed by atoms with Crippen molar-refractivity contribution in [3.63, 3.8) is 0 Å². The summed E-state index contributed by atoms with van der Waals surface area (Å²) in [6.07, 6.45) is 12.5. The molecule has 0 aliphatic carbocycles. The maximum Gasteiger partial charge on any atom is 0.305 e. The average Bonchev–Trinajstić information content (AvgIpc) is 2.28. The normalized spacial score (nSPS) is 10.9. The van der Waals surface area contributed by atoms with E-state index < -0.39 is 0 Å². The Bertz CT molecular complexity index is 185. The minimum Gasteiger partial charge on any atom is -0.465 e. The molecule has 0 aliphatic rings. The number of esters is 1. The summed E-state index contributed by atoms with van der Waals surface area (Å²) in [6, 6.07) is 0. The highest BCUT2D eigenvalue weighted by Crippen LogP contribution is 2.05. The van der Waals surface area contributed by atoms with E-state index in [2.05, 4.69) is 26.0 Å². The summed E-state index contributed by atoms with van der Waals surface area (Å²) in [4.78, 5) is 11.3. The maximum atomic E-state index is 11.3. The Labute approximate surface area is 100 Å².